The molecule has 4 rings (SSSR count). The van der Waals surface area contributed by atoms with Gasteiger partial charge in [-0.1, -0.05) is 30.3 Å². The Balaban J connectivity index is 1.54. The van der Waals surface area contributed by atoms with Crippen LogP contribution in [0.1, 0.15) is 24.8 Å². The molecule has 2 heterocycles. The summed E-state index contributed by atoms with van der Waals surface area (Å²) in [5.41, 5.74) is 0.939. The Morgan fingerprint density at radius 2 is 2.05 bits per heavy atom. The van der Waals surface area contributed by atoms with Crippen LogP contribution in [-0.2, 0) is 16.2 Å². The van der Waals surface area contributed by atoms with Crippen molar-refractivity contribution in [3.8, 4) is 0 Å². The lowest BCUT2D eigenvalue weighted by molar-refractivity contribution is -0.154. The molecule has 22 heavy (non-hydrogen) atoms. The molecule has 1 saturated carbocycles. The van der Waals surface area contributed by atoms with E-state index in [0.717, 1.165) is 18.4 Å². The summed E-state index contributed by atoms with van der Waals surface area (Å²) in [6, 6.07) is 8.64. The SMILES string of the molecule is O=C(O)[C@@H]1CC2(CC2)[C@@H]2CN1C(=O)N2OCc1ccccc1. The average molecular weight is 302 g/mol. The minimum absolute atomic E-state index is 0.0145. The lowest BCUT2D eigenvalue weighted by atomic mass is 9.85. The van der Waals surface area contributed by atoms with Crippen molar-refractivity contribution >= 4 is 12.0 Å². The van der Waals surface area contributed by atoms with E-state index in [9.17, 15) is 14.7 Å². The topological polar surface area (TPSA) is 70.1 Å². The number of aliphatic carboxylic acids is 1. The standard InChI is InChI=1S/C16H18N2O4/c19-14(20)12-8-16(6-7-16)13-9-17(12)15(21)18(13)22-10-11-4-2-1-3-5-11/h1-5,12-13H,6-10H2,(H,19,20)/t12-,13-/m0/s1. The number of hydrogen-bond acceptors (Lipinski definition) is 3. The molecule has 1 aromatic rings. The van der Waals surface area contributed by atoms with Crippen molar-refractivity contribution in [2.24, 2.45) is 5.41 Å². The smallest absolute Gasteiger partial charge is 0.345 e. The molecule has 6 heteroatoms. The van der Waals surface area contributed by atoms with E-state index in [4.69, 9.17) is 4.84 Å². The maximum atomic E-state index is 12.5. The van der Waals surface area contributed by atoms with Gasteiger partial charge in [-0.15, -0.1) is 0 Å². The minimum Gasteiger partial charge on any atom is -0.480 e. The fourth-order valence-corrected chi connectivity index (χ4v) is 3.71. The van der Waals surface area contributed by atoms with Crippen molar-refractivity contribution in [3.63, 3.8) is 0 Å². The van der Waals surface area contributed by atoms with Gasteiger partial charge in [-0.3, -0.25) is 4.84 Å². The van der Waals surface area contributed by atoms with Crippen molar-refractivity contribution < 1.29 is 19.5 Å². The van der Waals surface area contributed by atoms with Crippen LogP contribution >= 0.6 is 0 Å². The molecule has 3 aliphatic rings. The number of rotatable bonds is 4. The fourth-order valence-electron chi connectivity index (χ4n) is 3.71. The zero-order valence-corrected chi connectivity index (χ0v) is 12.1. The summed E-state index contributed by atoms with van der Waals surface area (Å²) < 4.78 is 0. The number of nitrogens with zero attached hydrogens (tertiary/aromatic N) is 2. The number of urea groups is 1. The van der Waals surface area contributed by atoms with E-state index in [1.807, 2.05) is 30.3 Å². The number of carbonyl (C=O) groups excluding carboxylic acids is 1. The van der Waals surface area contributed by atoms with Crippen LogP contribution in [0.3, 0.4) is 0 Å². The van der Waals surface area contributed by atoms with Crippen molar-refractivity contribution in [1.29, 1.82) is 0 Å². The van der Waals surface area contributed by atoms with Crippen molar-refractivity contribution in [2.45, 2.75) is 38.0 Å². The monoisotopic (exact) mass is 302 g/mol. The molecule has 1 aromatic carbocycles. The number of amides is 2. The van der Waals surface area contributed by atoms with Gasteiger partial charge < -0.3 is 10.0 Å². The summed E-state index contributed by atoms with van der Waals surface area (Å²) in [7, 11) is 0. The molecule has 2 aliphatic heterocycles. The van der Waals surface area contributed by atoms with E-state index in [1.54, 1.807) is 0 Å². The first-order valence-electron chi connectivity index (χ1n) is 7.60. The zero-order valence-electron chi connectivity index (χ0n) is 12.1. The van der Waals surface area contributed by atoms with E-state index < -0.39 is 12.0 Å². The number of hydrogen-bond donors (Lipinski definition) is 1. The summed E-state index contributed by atoms with van der Waals surface area (Å²) in [5.74, 6) is -0.914. The van der Waals surface area contributed by atoms with Crippen LogP contribution in [0.2, 0.25) is 0 Å². The summed E-state index contributed by atoms with van der Waals surface area (Å²) in [6.45, 7) is 0.787. The first kappa shape index (κ1) is 13.6. The van der Waals surface area contributed by atoms with Gasteiger partial charge in [-0.2, -0.15) is 5.06 Å². The van der Waals surface area contributed by atoms with Crippen LogP contribution in [0.4, 0.5) is 4.79 Å². The van der Waals surface area contributed by atoms with Gasteiger partial charge in [-0.05, 0) is 30.2 Å². The predicted molar refractivity (Wildman–Crippen MR) is 76.7 cm³/mol. The van der Waals surface area contributed by atoms with E-state index in [2.05, 4.69) is 0 Å². The molecule has 1 spiro atoms. The Labute approximate surface area is 128 Å². The highest BCUT2D eigenvalue weighted by molar-refractivity contribution is 5.85. The van der Waals surface area contributed by atoms with Crippen LogP contribution in [-0.4, -0.2) is 45.7 Å². The third-order valence-electron chi connectivity index (χ3n) is 5.16. The quantitative estimate of drug-likeness (QED) is 0.921. The second-order valence-electron chi connectivity index (χ2n) is 6.46. The molecule has 2 saturated heterocycles. The van der Waals surface area contributed by atoms with Gasteiger partial charge >= 0.3 is 12.0 Å². The van der Waals surface area contributed by atoms with Gasteiger partial charge in [0.05, 0.1) is 6.04 Å². The van der Waals surface area contributed by atoms with Crippen LogP contribution in [0.5, 0.6) is 0 Å². The third-order valence-corrected chi connectivity index (χ3v) is 5.16. The van der Waals surface area contributed by atoms with Gasteiger partial charge in [0.25, 0.3) is 0 Å². The van der Waals surface area contributed by atoms with Crippen molar-refractivity contribution in [1.82, 2.24) is 9.96 Å². The molecule has 0 aromatic heterocycles. The van der Waals surface area contributed by atoms with Crippen molar-refractivity contribution in [2.75, 3.05) is 6.54 Å². The lowest BCUT2D eigenvalue weighted by Crippen LogP contribution is -2.49. The average Bonchev–Trinajstić information content (AvgIpc) is 3.23. The maximum absolute atomic E-state index is 12.5. The Bertz CT molecular complexity index is 614. The number of carboxylic acid groups (broad SMARTS) is 1. The zero-order chi connectivity index (χ0) is 15.3. The molecular formula is C16H18N2O4. The summed E-state index contributed by atoms with van der Waals surface area (Å²) in [5, 5.41) is 10.8. The Hall–Kier alpha value is -2.08. The molecule has 116 valence electrons. The fraction of sp³-hybridized carbons (Fsp3) is 0.500. The van der Waals surface area contributed by atoms with Crippen LogP contribution in [0.15, 0.2) is 30.3 Å². The first-order chi connectivity index (χ1) is 10.6. The number of hydroxylamine groups is 2. The predicted octanol–water partition coefficient (Wildman–Crippen LogP) is 1.86. The number of benzene rings is 1. The Morgan fingerprint density at radius 1 is 1.32 bits per heavy atom. The number of carbonyl (C=O) groups is 2. The first-order valence-corrected chi connectivity index (χ1v) is 7.60. The van der Waals surface area contributed by atoms with E-state index in [-0.39, 0.29) is 17.5 Å². The molecule has 3 fully saturated rings. The molecule has 1 aliphatic carbocycles. The highest BCUT2D eigenvalue weighted by Gasteiger charge is 2.64. The second-order valence-corrected chi connectivity index (χ2v) is 6.46. The van der Waals surface area contributed by atoms with Crippen LogP contribution in [0, 0.1) is 5.41 Å². The van der Waals surface area contributed by atoms with Gasteiger partial charge in [0.15, 0.2) is 0 Å². The highest BCUT2D eigenvalue weighted by Crippen LogP contribution is 2.59. The molecule has 6 nitrogen and oxygen atoms in total. The van der Waals surface area contributed by atoms with E-state index >= 15 is 0 Å². The van der Waals surface area contributed by atoms with E-state index in [0.29, 0.717) is 19.6 Å². The molecule has 1 N–H and O–H groups in total. The Kier molecular flexibility index (Phi) is 2.91. The van der Waals surface area contributed by atoms with Crippen molar-refractivity contribution in [3.05, 3.63) is 35.9 Å². The largest absolute Gasteiger partial charge is 0.480 e. The molecule has 0 unspecified atom stereocenters. The molecule has 2 amide bonds. The van der Waals surface area contributed by atoms with Crippen LogP contribution in [0.25, 0.3) is 0 Å². The minimum atomic E-state index is -0.914. The van der Waals surface area contributed by atoms with Gasteiger partial charge in [-0.25, -0.2) is 9.59 Å². The number of fused-ring (bicyclic) bond motifs is 3. The molecule has 2 bridgehead atoms. The lowest BCUT2D eigenvalue weighted by Gasteiger charge is -2.34. The number of piperidine rings is 1. The second kappa shape index (κ2) is 4.71. The Morgan fingerprint density at radius 3 is 2.68 bits per heavy atom. The normalized spacial score (nSPS) is 28.3. The summed E-state index contributed by atoms with van der Waals surface area (Å²) >= 11 is 0. The van der Waals surface area contributed by atoms with Crippen LogP contribution < -0.4 is 0 Å². The molecular weight excluding hydrogens is 284 g/mol. The third kappa shape index (κ3) is 1.98. The van der Waals surface area contributed by atoms with Gasteiger partial charge in [0, 0.05) is 6.54 Å². The molecule has 0 radical (unpaired) electrons. The van der Waals surface area contributed by atoms with Gasteiger partial charge in [0.2, 0.25) is 0 Å². The van der Waals surface area contributed by atoms with Gasteiger partial charge in [0.1, 0.15) is 12.6 Å². The maximum Gasteiger partial charge on any atom is 0.345 e. The van der Waals surface area contributed by atoms with E-state index in [1.165, 1.54) is 9.96 Å². The summed E-state index contributed by atoms with van der Waals surface area (Å²) in [4.78, 5) is 31.2. The highest BCUT2D eigenvalue weighted by atomic mass is 16.7. The number of carboxylic acids is 1. The summed E-state index contributed by atoms with van der Waals surface area (Å²) in [6.07, 6.45) is 2.51. The molecule has 2 atom stereocenters.